The molecule has 1 nitrogen and oxygen atoms in total. The van der Waals surface area contributed by atoms with Gasteiger partial charge in [0.15, 0.2) is 0 Å². The number of rotatable bonds is 4. The van der Waals surface area contributed by atoms with Crippen LogP contribution in [0.4, 0.5) is 0 Å². The second kappa shape index (κ2) is 7.57. The molecule has 1 aliphatic rings. The zero-order valence-corrected chi connectivity index (χ0v) is 10.1. The van der Waals surface area contributed by atoms with Crippen LogP contribution in [0.25, 0.3) is 0 Å². The van der Waals surface area contributed by atoms with E-state index in [-0.39, 0.29) is 18.9 Å². The van der Waals surface area contributed by atoms with E-state index in [9.17, 15) is 0 Å². The maximum atomic E-state index is 3.66. The summed E-state index contributed by atoms with van der Waals surface area (Å²) in [6.45, 7) is 6.90. The molecule has 0 aromatic heterocycles. The smallest absolute Gasteiger partial charge is 0.489 e. The van der Waals surface area contributed by atoms with Crippen molar-refractivity contribution in [2.45, 2.75) is 45.1 Å². The van der Waals surface area contributed by atoms with Crippen LogP contribution in [0, 0.1) is 12.0 Å². The molecule has 0 aliphatic heterocycles. The molecule has 0 amide bonds. The summed E-state index contributed by atoms with van der Waals surface area (Å²) in [5.74, 6) is 0.909. The van der Waals surface area contributed by atoms with Crippen LogP contribution in [0.5, 0.6) is 0 Å². The largest absolute Gasteiger partial charge is 1.00 e. The van der Waals surface area contributed by atoms with Gasteiger partial charge in [-0.15, -0.1) is 6.54 Å². The minimum Gasteiger partial charge on any atom is -0.489 e. The Morgan fingerprint density at radius 1 is 1.36 bits per heavy atom. The molecule has 1 atom stereocenters. The molecule has 0 spiro atoms. The average molecular weight is 187 g/mol. The fourth-order valence-corrected chi connectivity index (χ4v) is 2.30. The second-order valence-electron chi connectivity index (χ2n) is 4.30. The molecule has 0 bridgehead atoms. The first-order chi connectivity index (χ1) is 6.25. The molecule has 0 aromatic carbocycles. The Morgan fingerprint density at radius 3 is 2.43 bits per heavy atom. The van der Waals surface area contributed by atoms with E-state index in [2.05, 4.69) is 31.5 Å². The van der Waals surface area contributed by atoms with Crippen LogP contribution in [-0.2, 0) is 0 Å². The monoisotopic (exact) mass is 187 g/mol. The van der Waals surface area contributed by atoms with Crippen LogP contribution >= 0.6 is 0 Å². The molecule has 0 heterocycles. The standard InChI is InChI=1S/C12H22N.Li/c1-4-10-13(3)11(2)12-8-6-5-7-9-12;/h11-12H,1,5-10H2,2-3H3;/q-1;+1/t11-;/m0./s1. The molecular formula is C12H22LiN. The molecule has 0 unspecified atom stereocenters. The molecule has 0 saturated heterocycles. The van der Waals surface area contributed by atoms with Crippen LogP contribution in [0.15, 0.2) is 6.58 Å². The van der Waals surface area contributed by atoms with E-state index in [1.54, 1.807) is 0 Å². The molecule has 1 aliphatic carbocycles. The summed E-state index contributed by atoms with van der Waals surface area (Å²) in [5, 5.41) is 0. The Bertz CT molecular complexity index is 152. The molecule has 0 radical (unpaired) electrons. The Labute approximate surface area is 101 Å². The minimum atomic E-state index is 0. The summed E-state index contributed by atoms with van der Waals surface area (Å²) in [4.78, 5) is 2.36. The van der Waals surface area contributed by atoms with Gasteiger partial charge >= 0.3 is 18.9 Å². The third-order valence-corrected chi connectivity index (χ3v) is 3.39. The van der Waals surface area contributed by atoms with Gasteiger partial charge in [-0.25, -0.2) is 0 Å². The van der Waals surface area contributed by atoms with Crippen LogP contribution in [0.1, 0.15) is 39.0 Å². The third kappa shape index (κ3) is 4.21. The van der Waals surface area contributed by atoms with Crippen molar-refractivity contribution in [2.75, 3.05) is 13.6 Å². The first-order valence-corrected chi connectivity index (χ1v) is 5.46. The number of likely N-dealkylation sites (N-methyl/N-ethyl adjacent to an activating group) is 1. The fourth-order valence-electron chi connectivity index (χ4n) is 2.30. The molecule has 1 fully saturated rings. The van der Waals surface area contributed by atoms with Gasteiger partial charge in [0.2, 0.25) is 0 Å². The predicted molar refractivity (Wildman–Crippen MR) is 57.5 cm³/mol. The van der Waals surface area contributed by atoms with Crippen LogP contribution < -0.4 is 18.9 Å². The quantitative estimate of drug-likeness (QED) is 0.438. The third-order valence-electron chi connectivity index (χ3n) is 3.39. The molecule has 0 aromatic rings. The number of hydrogen-bond acceptors (Lipinski definition) is 1. The van der Waals surface area contributed by atoms with Crippen molar-refractivity contribution in [3.63, 3.8) is 0 Å². The maximum absolute atomic E-state index is 3.66. The molecule has 1 rings (SSSR count). The van der Waals surface area contributed by atoms with Gasteiger partial charge in [0.05, 0.1) is 0 Å². The zero-order chi connectivity index (χ0) is 9.68. The topological polar surface area (TPSA) is 3.24 Å². The SMILES string of the molecule is C=[C-]CN(C)[C@@H](C)C1CCCCC1.[Li+]. The second-order valence-corrected chi connectivity index (χ2v) is 4.30. The summed E-state index contributed by atoms with van der Waals surface area (Å²) in [5.41, 5.74) is 0. The van der Waals surface area contributed by atoms with Gasteiger partial charge in [0, 0.05) is 6.04 Å². The number of hydrogen-bond donors (Lipinski definition) is 0. The number of nitrogens with zero attached hydrogens (tertiary/aromatic N) is 1. The van der Waals surface area contributed by atoms with Crippen LogP contribution in [-0.4, -0.2) is 24.5 Å². The van der Waals surface area contributed by atoms with Gasteiger partial charge < -0.3 is 11.0 Å². The van der Waals surface area contributed by atoms with Gasteiger partial charge in [-0.1, -0.05) is 19.3 Å². The Hall–Kier alpha value is 0.297. The Morgan fingerprint density at radius 2 is 1.93 bits per heavy atom. The van der Waals surface area contributed by atoms with Gasteiger partial charge in [-0.05, 0) is 32.7 Å². The fraction of sp³-hybridized carbons (Fsp3) is 0.833. The van der Waals surface area contributed by atoms with Crippen molar-refractivity contribution < 1.29 is 18.9 Å². The van der Waals surface area contributed by atoms with Gasteiger partial charge in [0.25, 0.3) is 0 Å². The molecule has 76 valence electrons. The Balaban J connectivity index is 0.00000169. The average Bonchev–Trinajstić information content (AvgIpc) is 2.18. The molecule has 14 heavy (non-hydrogen) atoms. The van der Waals surface area contributed by atoms with E-state index < -0.39 is 0 Å². The van der Waals surface area contributed by atoms with E-state index in [4.69, 9.17) is 0 Å². The maximum Gasteiger partial charge on any atom is 1.00 e. The van der Waals surface area contributed by atoms with Crippen LogP contribution in [0.3, 0.4) is 0 Å². The van der Waals surface area contributed by atoms with Crippen molar-refractivity contribution in [3.8, 4) is 0 Å². The predicted octanol–water partition coefficient (Wildman–Crippen LogP) is -0.120. The van der Waals surface area contributed by atoms with Crippen molar-refractivity contribution in [1.29, 1.82) is 0 Å². The van der Waals surface area contributed by atoms with E-state index >= 15 is 0 Å². The van der Waals surface area contributed by atoms with E-state index in [1.807, 2.05) is 0 Å². The summed E-state index contributed by atoms with van der Waals surface area (Å²) in [6.07, 6.45) is 10.1. The van der Waals surface area contributed by atoms with E-state index in [0.717, 1.165) is 12.5 Å². The van der Waals surface area contributed by atoms with Gasteiger partial charge in [-0.2, -0.15) is 0 Å². The zero-order valence-electron chi connectivity index (χ0n) is 10.1. The van der Waals surface area contributed by atoms with Crippen molar-refractivity contribution in [2.24, 2.45) is 5.92 Å². The molecule has 2 heteroatoms. The van der Waals surface area contributed by atoms with E-state index in [1.165, 1.54) is 32.1 Å². The normalized spacial score (nSPS) is 20.2. The van der Waals surface area contributed by atoms with Crippen molar-refractivity contribution >= 4 is 0 Å². The Kier molecular flexibility index (Phi) is 7.73. The molecule has 0 N–H and O–H groups in total. The minimum absolute atomic E-state index is 0. The summed E-state index contributed by atoms with van der Waals surface area (Å²) >= 11 is 0. The van der Waals surface area contributed by atoms with Crippen LogP contribution in [0.2, 0.25) is 0 Å². The van der Waals surface area contributed by atoms with E-state index in [0.29, 0.717) is 6.04 Å². The summed E-state index contributed by atoms with van der Waals surface area (Å²) in [7, 11) is 2.18. The van der Waals surface area contributed by atoms with Crippen molar-refractivity contribution in [3.05, 3.63) is 12.7 Å². The first kappa shape index (κ1) is 14.3. The summed E-state index contributed by atoms with van der Waals surface area (Å²) < 4.78 is 0. The van der Waals surface area contributed by atoms with Crippen molar-refractivity contribution in [1.82, 2.24) is 4.90 Å². The van der Waals surface area contributed by atoms with Gasteiger partial charge in [0.1, 0.15) is 0 Å². The molecule has 1 saturated carbocycles. The summed E-state index contributed by atoms with van der Waals surface area (Å²) in [6, 6.07) is 0.703. The first-order valence-electron chi connectivity index (χ1n) is 5.46. The van der Waals surface area contributed by atoms with Gasteiger partial charge in [-0.3, -0.25) is 6.58 Å². The molecular weight excluding hydrogens is 165 g/mol.